The van der Waals surface area contributed by atoms with Gasteiger partial charge in [0, 0.05) is 12.6 Å². The molecule has 0 saturated heterocycles. The number of rotatable bonds is 5. The Kier molecular flexibility index (Phi) is 4.41. The number of nitrogen functional groups attached to an aromatic ring is 1. The van der Waals surface area contributed by atoms with E-state index in [1.807, 2.05) is 18.9 Å². The first-order valence-corrected chi connectivity index (χ1v) is 4.76. The van der Waals surface area contributed by atoms with Crippen molar-refractivity contribution in [3.05, 3.63) is 18.1 Å². The maximum atomic E-state index is 8.96. The van der Waals surface area contributed by atoms with Gasteiger partial charge in [0.1, 0.15) is 0 Å². The van der Waals surface area contributed by atoms with E-state index in [1.165, 1.54) is 0 Å². The summed E-state index contributed by atoms with van der Waals surface area (Å²) in [6, 6.07) is 0.110. The highest BCUT2D eigenvalue weighted by molar-refractivity contribution is 5.28. The molecule has 1 aromatic rings. The fraction of sp³-hybridized carbons (Fsp3) is 0.556. The highest BCUT2D eigenvalue weighted by Crippen LogP contribution is 2.04. The Morgan fingerprint density at radius 1 is 1.53 bits per heavy atom. The molecular weight excluding hydrogens is 194 g/mol. The van der Waals surface area contributed by atoms with Crippen LogP contribution in [0.2, 0.25) is 0 Å². The van der Waals surface area contributed by atoms with Crippen molar-refractivity contribution in [1.29, 1.82) is 0 Å². The standard InChI is InChI=1S/C9H17N5O/c1-7(6-15)14(2)5-8-3-12-9(13-10)4-11-8/h3-4,7,15H,5-6,10H2,1-2H3,(H,12,13). The number of nitrogens with two attached hydrogens (primary N) is 1. The third kappa shape index (κ3) is 3.43. The number of hydrogen-bond donors (Lipinski definition) is 3. The fourth-order valence-electron chi connectivity index (χ4n) is 1.06. The van der Waals surface area contributed by atoms with E-state index in [0.717, 1.165) is 5.69 Å². The van der Waals surface area contributed by atoms with Crippen molar-refractivity contribution in [3.63, 3.8) is 0 Å². The molecule has 0 aromatic carbocycles. The average molecular weight is 211 g/mol. The minimum Gasteiger partial charge on any atom is -0.395 e. The maximum absolute atomic E-state index is 8.96. The summed E-state index contributed by atoms with van der Waals surface area (Å²) in [5.74, 6) is 5.71. The van der Waals surface area contributed by atoms with Crippen LogP contribution < -0.4 is 11.3 Å². The van der Waals surface area contributed by atoms with E-state index in [4.69, 9.17) is 10.9 Å². The first-order chi connectivity index (χ1) is 7.17. The van der Waals surface area contributed by atoms with E-state index in [2.05, 4.69) is 15.4 Å². The molecule has 6 heteroatoms. The minimum absolute atomic E-state index is 0.110. The van der Waals surface area contributed by atoms with Gasteiger partial charge in [0.25, 0.3) is 0 Å². The van der Waals surface area contributed by atoms with Crippen molar-refractivity contribution in [1.82, 2.24) is 14.9 Å². The molecule has 1 aromatic heterocycles. The van der Waals surface area contributed by atoms with E-state index in [0.29, 0.717) is 12.4 Å². The van der Waals surface area contributed by atoms with Crippen molar-refractivity contribution in [2.75, 3.05) is 19.1 Å². The summed E-state index contributed by atoms with van der Waals surface area (Å²) in [6.07, 6.45) is 3.24. The molecule has 0 saturated carbocycles. The van der Waals surface area contributed by atoms with Gasteiger partial charge in [-0.2, -0.15) is 0 Å². The number of aromatic nitrogens is 2. The van der Waals surface area contributed by atoms with Gasteiger partial charge in [0.2, 0.25) is 0 Å². The largest absolute Gasteiger partial charge is 0.395 e. The van der Waals surface area contributed by atoms with Crippen LogP contribution in [0.4, 0.5) is 5.82 Å². The summed E-state index contributed by atoms with van der Waals surface area (Å²) in [7, 11) is 1.93. The van der Waals surface area contributed by atoms with Crippen molar-refractivity contribution in [2.45, 2.75) is 19.5 Å². The van der Waals surface area contributed by atoms with E-state index in [1.54, 1.807) is 12.4 Å². The van der Waals surface area contributed by atoms with E-state index < -0.39 is 0 Å². The lowest BCUT2D eigenvalue weighted by molar-refractivity contribution is 0.153. The molecule has 6 nitrogen and oxygen atoms in total. The van der Waals surface area contributed by atoms with Crippen LogP contribution in [0.3, 0.4) is 0 Å². The van der Waals surface area contributed by atoms with Crippen molar-refractivity contribution in [3.8, 4) is 0 Å². The van der Waals surface area contributed by atoms with Gasteiger partial charge < -0.3 is 10.5 Å². The Morgan fingerprint density at radius 2 is 2.27 bits per heavy atom. The lowest BCUT2D eigenvalue weighted by Crippen LogP contribution is -2.31. The molecule has 1 unspecified atom stereocenters. The SMILES string of the molecule is CC(CO)N(C)Cc1cnc(NN)cn1. The molecular formula is C9H17N5O. The summed E-state index contributed by atoms with van der Waals surface area (Å²) >= 11 is 0. The smallest absolute Gasteiger partial charge is 0.158 e. The van der Waals surface area contributed by atoms with Gasteiger partial charge in [-0.05, 0) is 14.0 Å². The first-order valence-electron chi connectivity index (χ1n) is 4.76. The van der Waals surface area contributed by atoms with E-state index in [-0.39, 0.29) is 12.6 Å². The fourth-order valence-corrected chi connectivity index (χ4v) is 1.06. The van der Waals surface area contributed by atoms with Crippen LogP contribution in [0, 0.1) is 0 Å². The molecule has 0 fully saturated rings. The topological polar surface area (TPSA) is 87.3 Å². The second-order valence-electron chi connectivity index (χ2n) is 3.48. The van der Waals surface area contributed by atoms with E-state index >= 15 is 0 Å². The van der Waals surface area contributed by atoms with Gasteiger partial charge in [0.05, 0.1) is 24.7 Å². The molecule has 15 heavy (non-hydrogen) atoms. The highest BCUT2D eigenvalue weighted by Gasteiger charge is 2.08. The van der Waals surface area contributed by atoms with Gasteiger partial charge in [-0.25, -0.2) is 10.8 Å². The van der Waals surface area contributed by atoms with Crippen LogP contribution in [0.5, 0.6) is 0 Å². The van der Waals surface area contributed by atoms with Crippen LogP contribution in [-0.2, 0) is 6.54 Å². The molecule has 0 aliphatic carbocycles. The zero-order valence-corrected chi connectivity index (χ0v) is 9.01. The summed E-state index contributed by atoms with van der Waals surface area (Å²) < 4.78 is 0. The number of nitrogens with zero attached hydrogens (tertiary/aromatic N) is 3. The first kappa shape index (κ1) is 11.8. The zero-order chi connectivity index (χ0) is 11.3. The number of hydrazine groups is 1. The molecule has 1 atom stereocenters. The highest BCUT2D eigenvalue weighted by atomic mass is 16.3. The monoisotopic (exact) mass is 211 g/mol. The Hall–Kier alpha value is -1.24. The predicted molar refractivity (Wildman–Crippen MR) is 57.9 cm³/mol. The van der Waals surface area contributed by atoms with E-state index in [9.17, 15) is 0 Å². The number of nitrogens with one attached hydrogen (secondary N) is 1. The molecule has 84 valence electrons. The normalized spacial score (nSPS) is 12.9. The number of hydrogen-bond acceptors (Lipinski definition) is 6. The van der Waals surface area contributed by atoms with Crippen LogP contribution in [0.15, 0.2) is 12.4 Å². The Labute approximate surface area is 89.1 Å². The number of anilines is 1. The van der Waals surface area contributed by atoms with Crippen LogP contribution in [-0.4, -0.2) is 39.7 Å². The lowest BCUT2D eigenvalue weighted by atomic mass is 10.3. The third-order valence-corrected chi connectivity index (χ3v) is 2.28. The molecule has 0 spiro atoms. The maximum Gasteiger partial charge on any atom is 0.158 e. The summed E-state index contributed by atoms with van der Waals surface area (Å²) in [6.45, 7) is 2.73. The van der Waals surface area contributed by atoms with Gasteiger partial charge in [-0.3, -0.25) is 9.88 Å². The summed E-state index contributed by atoms with van der Waals surface area (Å²) in [4.78, 5) is 10.2. The van der Waals surface area contributed by atoms with Gasteiger partial charge in [-0.15, -0.1) is 0 Å². The molecule has 0 bridgehead atoms. The van der Waals surface area contributed by atoms with Gasteiger partial charge in [-0.1, -0.05) is 0 Å². The molecule has 4 N–H and O–H groups in total. The molecule has 0 amide bonds. The predicted octanol–water partition coefficient (Wildman–Crippen LogP) is -0.425. The minimum atomic E-state index is 0.110. The van der Waals surface area contributed by atoms with Crippen molar-refractivity contribution < 1.29 is 5.11 Å². The van der Waals surface area contributed by atoms with Gasteiger partial charge in [0.15, 0.2) is 5.82 Å². The zero-order valence-electron chi connectivity index (χ0n) is 9.01. The molecule has 1 rings (SSSR count). The number of aliphatic hydroxyl groups is 1. The Morgan fingerprint density at radius 3 is 2.73 bits per heavy atom. The van der Waals surface area contributed by atoms with Gasteiger partial charge >= 0.3 is 0 Å². The summed E-state index contributed by atoms with van der Waals surface area (Å²) in [5, 5.41) is 8.96. The second kappa shape index (κ2) is 5.59. The number of likely N-dealkylation sites (N-methyl/N-ethyl adjacent to an activating group) is 1. The summed E-state index contributed by atoms with van der Waals surface area (Å²) in [5.41, 5.74) is 3.26. The number of aliphatic hydroxyl groups excluding tert-OH is 1. The Balaban J connectivity index is 2.57. The Bertz CT molecular complexity index is 289. The van der Waals surface area contributed by atoms with Crippen molar-refractivity contribution >= 4 is 5.82 Å². The second-order valence-corrected chi connectivity index (χ2v) is 3.48. The molecule has 0 radical (unpaired) electrons. The lowest BCUT2D eigenvalue weighted by Gasteiger charge is -2.21. The van der Waals surface area contributed by atoms with Crippen LogP contribution in [0.1, 0.15) is 12.6 Å². The van der Waals surface area contributed by atoms with Crippen LogP contribution in [0.25, 0.3) is 0 Å². The van der Waals surface area contributed by atoms with Crippen LogP contribution >= 0.6 is 0 Å². The van der Waals surface area contributed by atoms with Crippen molar-refractivity contribution in [2.24, 2.45) is 5.84 Å². The molecule has 0 aliphatic rings. The average Bonchev–Trinajstić information content (AvgIpc) is 2.29. The third-order valence-electron chi connectivity index (χ3n) is 2.28. The molecule has 0 aliphatic heterocycles. The molecule has 1 heterocycles. The quantitative estimate of drug-likeness (QED) is 0.453.